The first kappa shape index (κ1) is 8.36. The van der Waals surface area contributed by atoms with Crippen LogP contribution in [0.5, 0.6) is 11.5 Å². The van der Waals surface area contributed by atoms with Gasteiger partial charge in [-0.2, -0.15) is 0 Å². The average Bonchev–Trinajstić information content (AvgIpc) is 2.77. The van der Waals surface area contributed by atoms with Gasteiger partial charge < -0.3 is 9.47 Å². The first-order valence-electron chi connectivity index (χ1n) is 4.79. The van der Waals surface area contributed by atoms with Gasteiger partial charge in [0.25, 0.3) is 0 Å². The maximum Gasteiger partial charge on any atom is 0.231 e. The van der Waals surface area contributed by atoms with Gasteiger partial charge in [-0.15, -0.1) is 0 Å². The predicted octanol–water partition coefficient (Wildman–Crippen LogP) is 2.88. The number of rotatable bonds is 1. The molecule has 73 valence electrons. The van der Waals surface area contributed by atoms with Crippen molar-refractivity contribution in [2.75, 3.05) is 6.79 Å². The monoisotopic (exact) mass is 197 g/mol. The fourth-order valence-corrected chi connectivity index (χ4v) is 1.66. The molecule has 3 rings (SSSR count). The molecule has 2 aromatic rings. The summed E-state index contributed by atoms with van der Waals surface area (Å²) in [6.45, 7) is 0.321. The van der Waals surface area contributed by atoms with Crippen molar-refractivity contribution in [3.05, 3.63) is 48.5 Å². The van der Waals surface area contributed by atoms with Crippen LogP contribution in [0.4, 0.5) is 0 Å². The summed E-state index contributed by atoms with van der Waals surface area (Å²) < 4.78 is 10.6. The highest BCUT2D eigenvalue weighted by atomic mass is 16.7. The van der Waals surface area contributed by atoms with Crippen molar-refractivity contribution in [3.8, 4) is 22.6 Å². The van der Waals surface area contributed by atoms with Crippen molar-refractivity contribution >= 4 is 0 Å². The van der Waals surface area contributed by atoms with Gasteiger partial charge in [0.1, 0.15) is 0 Å². The molecule has 1 heterocycles. The molecule has 2 heteroatoms. The molecule has 0 saturated heterocycles. The number of benzene rings is 2. The molecule has 1 radical (unpaired) electrons. The minimum atomic E-state index is 0.321. The van der Waals surface area contributed by atoms with Crippen molar-refractivity contribution in [1.29, 1.82) is 0 Å². The van der Waals surface area contributed by atoms with E-state index in [-0.39, 0.29) is 0 Å². The van der Waals surface area contributed by atoms with E-state index in [1.807, 2.05) is 42.5 Å². The van der Waals surface area contributed by atoms with Gasteiger partial charge in [0.05, 0.1) is 0 Å². The molecule has 0 unspecified atom stereocenters. The molecular weight excluding hydrogens is 188 g/mol. The van der Waals surface area contributed by atoms with E-state index in [1.54, 1.807) is 0 Å². The van der Waals surface area contributed by atoms with Crippen LogP contribution in [0.2, 0.25) is 0 Å². The molecule has 2 aromatic carbocycles. The third kappa shape index (κ3) is 1.44. The largest absolute Gasteiger partial charge is 0.454 e. The number of hydrogen-bond acceptors (Lipinski definition) is 2. The lowest BCUT2D eigenvalue weighted by Crippen LogP contribution is -1.92. The Labute approximate surface area is 88.1 Å². The first-order chi connectivity index (χ1) is 7.43. The van der Waals surface area contributed by atoms with Gasteiger partial charge in [0.2, 0.25) is 6.79 Å². The molecule has 0 aliphatic carbocycles. The van der Waals surface area contributed by atoms with E-state index < -0.39 is 0 Å². The molecule has 0 amide bonds. The minimum absolute atomic E-state index is 0.321. The molecule has 15 heavy (non-hydrogen) atoms. The Kier molecular flexibility index (Phi) is 1.85. The highest BCUT2D eigenvalue weighted by Gasteiger charge is 2.13. The van der Waals surface area contributed by atoms with Gasteiger partial charge in [-0.3, -0.25) is 0 Å². The molecule has 0 N–H and O–H groups in total. The summed E-state index contributed by atoms with van der Waals surface area (Å²) in [5.41, 5.74) is 2.29. The summed E-state index contributed by atoms with van der Waals surface area (Å²) in [5.74, 6) is 1.64. The number of fused-ring (bicyclic) bond motifs is 1. The third-order valence-corrected chi connectivity index (χ3v) is 2.42. The average molecular weight is 197 g/mol. The van der Waals surface area contributed by atoms with E-state index in [9.17, 15) is 0 Å². The summed E-state index contributed by atoms with van der Waals surface area (Å²) in [4.78, 5) is 0. The van der Waals surface area contributed by atoms with Crippen LogP contribution in [-0.4, -0.2) is 6.79 Å². The van der Waals surface area contributed by atoms with Crippen molar-refractivity contribution in [3.63, 3.8) is 0 Å². The van der Waals surface area contributed by atoms with Crippen LogP contribution in [0.25, 0.3) is 11.1 Å². The quantitative estimate of drug-likeness (QED) is 0.699. The normalized spacial score (nSPS) is 12.8. The van der Waals surface area contributed by atoms with Gasteiger partial charge in [-0.25, -0.2) is 0 Å². The molecule has 1 aliphatic rings. The smallest absolute Gasteiger partial charge is 0.231 e. The van der Waals surface area contributed by atoms with Crippen molar-refractivity contribution in [2.24, 2.45) is 0 Å². The number of hydrogen-bond donors (Lipinski definition) is 0. The van der Waals surface area contributed by atoms with E-state index in [4.69, 9.17) is 9.47 Å². The van der Waals surface area contributed by atoms with E-state index in [1.165, 1.54) is 0 Å². The van der Waals surface area contributed by atoms with Crippen molar-refractivity contribution in [1.82, 2.24) is 0 Å². The van der Waals surface area contributed by atoms with Crippen LogP contribution in [0.1, 0.15) is 0 Å². The zero-order valence-corrected chi connectivity index (χ0v) is 8.07. The van der Waals surface area contributed by atoms with E-state index >= 15 is 0 Å². The molecule has 0 spiro atoms. The SMILES string of the molecule is [c]1ccc(-c2ccc3c(c2)OCO3)cc1. The summed E-state index contributed by atoms with van der Waals surface area (Å²) in [6, 6.07) is 16.8. The van der Waals surface area contributed by atoms with Gasteiger partial charge in [0.15, 0.2) is 11.5 Å². The van der Waals surface area contributed by atoms with Gasteiger partial charge in [0, 0.05) is 0 Å². The van der Waals surface area contributed by atoms with Crippen molar-refractivity contribution < 1.29 is 9.47 Å². The maximum atomic E-state index is 5.33. The first-order valence-corrected chi connectivity index (χ1v) is 4.79. The summed E-state index contributed by atoms with van der Waals surface area (Å²) in [7, 11) is 0. The van der Waals surface area contributed by atoms with Crippen molar-refractivity contribution in [2.45, 2.75) is 0 Å². The predicted molar refractivity (Wildman–Crippen MR) is 56.8 cm³/mol. The van der Waals surface area contributed by atoms with Crippen LogP contribution < -0.4 is 9.47 Å². The highest BCUT2D eigenvalue weighted by molar-refractivity contribution is 5.67. The zero-order chi connectivity index (χ0) is 10.1. The molecule has 0 aromatic heterocycles. The molecule has 0 atom stereocenters. The Morgan fingerprint density at radius 1 is 0.867 bits per heavy atom. The van der Waals surface area contributed by atoms with Gasteiger partial charge in [-0.05, 0) is 29.3 Å². The number of ether oxygens (including phenoxy) is 2. The summed E-state index contributed by atoms with van der Waals surface area (Å²) in [5, 5.41) is 0. The highest BCUT2D eigenvalue weighted by Crippen LogP contribution is 2.35. The molecule has 0 saturated carbocycles. The van der Waals surface area contributed by atoms with E-state index in [0.717, 1.165) is 22.6 Å². The Morgan fingerprint density at radius 3 is 2.53 bits per heavy atom. The topological polar surface area (TPSA) is 18.5 Å². The molecular formula is C13H9O2. The van der Waals surface area contributed by atoms with Crippen LogP contribution in [0.15, 0.2) is 42.5 Å². The van der Waals surface area contributed by atoms with Gasteiger partial charge >= 0.3 is 0 Å². The summed E-state index contributed by atoms with van der Waals surface area (Å²) >= 11 is 0. The maximum absolute atomic E-state index is 5.33. The zero-order valence-electron chi connectivity index (χ0n) is 8.07. The van der Waals surface area contributed by atoms with Crippen LogP contribution in [-0.2, 0) is 0 Å². The third-order valence-electron chi connectivity index (χ3n) is 2.42. The van der Waals surface area contributed by atoms with Crippen LogP contribution in [0.3, 0.4) is 0 Å². The molecule has 1 aliphatic heterocycles. The summed E-state index contributed by atoms with van der Waals surface area (Å²) in [6.07, 6.45) is 0. The Balaban J connectivity index is 2.07. The fourth-order valence-electron chi connectivity index (χ4n) is 1.66. The second kappa shape index (κ2) is 3.31. The fraction of sp³-hybridized carbons (Fsp3) is 0.0769. The Morgan fingerprint density at radius 2 is 1.67 bits per heavy atom. The van der Waals surface area contributed by atoms with E-state index in [2.05, 4.69) is 6.07 Å². The molecule has 0 bridgehead atoms. The van der Waals surface area contributed by atoms with E-state index in [0.29, 0.717) is 6.79 Å². The van der Waals surface area contributed by atoms with Crippen LogP contribution >= 0.6 is 0 Å². The lowest BCUT2D eigenvalue weighted by Gasteiger charge is -2.02. The van der Waals surface area contributed by atoms with Crippen LogP contribution in [0, 0.1) is 6.07 Å². The minimum Gasteiger partial charge on any atom is -0.454 e. The second-order valence-electron chi connectivity index (χ2n) is 3.36. The lowest BCUT2D eigenvalue weighted by molar-refractivity contribution is 0.174. The molecule has 0 fully saturated rings. The van der Waals surface area contributed by atoms with Gasteiger partial charge in [-0.1, -0.05) is 30.3 Å². The Hall–Kier alpha value is -1.96. The Bertz CT molecular complexity index is 477. The molecule has 2 nitrogen and oxygen atoms in total. The standard InChI is InChI=1S/C13H9O2/c1-2-4-10(5-3-1)11-6-7-12-13(8-11)15-9-14-12/h2-8H,9H2. The second-order valence-corrected chi connectivity index (χ2v) is 3.36. The lowest BCUT2D eigenvalue weighted by atomic mass is 10.1.